The Morgan fingerprint density at radius 2 is 1.96 bits per heavy atom. The number of methoxy groups -OCH3 is 1. The van der Waals surface area contributed by atoms with E-state index in [1.54, 1.807) is 31.5 Å². The van der Waals surface area contributed by atoms with Crippen molar-refractivity contribution in [2.24, 2.45) is 0 Å². The normalized spacial score (nSPS) is 10.7. The van der Waals surface area contributed by atoms with Crippen LogP contribution in [0.3, 0.4) is 0 Å². The van der Waals surface area contributed by atoms with Crippen molar-refractivity contribution in [3.05, 3.63) is 58.7 Å². The maximum Gasteiger partial charge on any atom is 0.335 e. The van der Waals surface area contributed by atoms with Gasteiger partial charge in [0.15, 0.2) is 0 Å². The Labute approximate surface area is 138 Å². The summed E-state index contributed by atoms with van der Waals surface area (Å²) in [6.07, 6.45) is 1.70. The molecule has 4 nitrogen and oxygen atoms in total. The van der Waals surface area contributed by atoms with E-state index in [1.165, 1.54) is 0 Å². The molecule has 23 heavy (non-hydrogen) atoms. The molecule has 0 aliphatic carbocycles. The lowest BCUT2D eigenvalue weighted by molar-refractivity contribution is 0.0697. The molecule has 0 fully saturated rings. The molecule has 5 heteroatoms. The molecule has 1 N–H and O–H groups in total. The van der Waals surface area contributed by atoms with Gasteiger partial charge in [0.05, 0.1) is 23.2 Å². The number of hydrogen-bond donors (Lipinski definition) is 1. The summed E-state index contributed by atoms with van der Waals surface area (Å²) in [5.41, 5.74) is 3.45. The highest BCUT2D eigenvalue weighted by molar-refractivity contribution is 6.34. The second-order valence-corrected chi connectivity index (χ2v) is 5.61. The van der Waals surface area contributed by atoms with Gasteiger partial charge in [-0.1, -0.05) is 11.6 Å². The van der Waals surface area contributed by atoms with E-state index in [-0.39, 0.29) is 5.56 Å². The van der Waals surface area contributed by atoms with Gasteiger partial charge < -0.3 is 9.84 Å². The van der Waals surface area contributed by atoms with E-state index in [0.717, 1.165) is 27.6 Å². The van der Waals surface area contributed by atoms with Gasteiger partial charge in [-0.25, -0.2) is 4.79 Å². The van der Waals surface area contributed by atoms with E-state index in [0.29, 0.717) is 10.8 Å². The van der Waals surface area contributed by atoms with Gasteiger partial charge in [-0.2, -0.15) is 0 Å². The number of carboxylic acids is 1. The highest BCUT2D eigenvalue weighted by Crippen LogP contribution is 2.36. The fourth-order valence-electron chi connectivity index (χ4n) is 2.63. The highest BCUT2D eigenvalue weighted by atomic mass is 35.5. The predicted molar refractivity (Wildman–Crippen MR) is 90.4 cm³/mol. The van der Waals surface area contributed by atoms with Crippen molar-refractivity contribution in [1.82, 2.24) is 4.98 Å². The van der Waals surface area contributed by atoms with Crippen LogP contribution in [-0.4, -0.2) is 23.2 Å². The van der Waals surface area contributed by atoms with Crippen molar-refractivity contribution in [2.45, 2.75) is 6.92 Å². The molecule has 0 aliphatic heterocycles. The molecule has 0 atom stereocenters. The fourth-order valence-corrected chi connectivity index (χ4v) is 2.90. The predicted octanol–water partition coefficient (Wildman–Crippen LogP) is 4.57. The molecule has 0 bridgehead atoms. The molecule has 116 valence electrons. The molecule has 1 aromatic heterocycles. The van der Waals surface area contributed by atoms with Gasteiger partial charge in [0.25, 0.3) is 0 Å². The first kappa shape index (κ1) is 15.3. The topological polar surface area (TPSA) is 59.4 Å². The molecule has 0 amide bonds. The number of hydrogen-bond acceptors (Lipinski definition) is 3. The Hall–Kier alpha value is -2.59. The minimum absolute atomic E-state index is 0.230. The summed E-state index contributed by atoms with van der Waals surface area (Å²) < 4.78 is 5.17. The van der Waals surface area contributed by atoms with E-state index in [9.17, 15) is 9.90 Å². The lowest BCUT2D eigenvalue weighted by Crippen LogP contribution is -1.98. The summed E-state index contributed by atoms with van der Waals surface area (Å²) in [7, 11) is 1.58. The summed E-state index contributed by atoms with van der Waals surface area (Å²) in [6.45, 7) is 1.85. The molecule has 0 unspecified atom stereocenters. The van der Waals surface area contributed by atoms with Crippen LogP contribution in [0.5, 0.6) is 5.75 Å². The van der Waals surface area contributed by atoms with Gasteiger partial charge in [0.1, 0.15) is 5.75 Å². The van der Waals surface area contributed by atoms with Crippen molar-refractivity contribution in [2.75, 3.05) is 7.11 Å². The Bertz CT molecular complexity index is 922. The van der Waals surface area contributed by atoms with E-state index >= 15 is 0 Å². The van der Waals surface area contributed by atoms with Crippen LogP contribution in [0.4, 0.5) is 0 Å². The Morgan fingerprint density at radius 1 is 1.17 bits per heavy atom. The Kier molecular flexibility index (Phi) is 3.92. The van der Waals surface area contributed by atoms with Crippen LogP contribution in [0.15, 0.2) is 42.6 Å². The van der Waals surface area contributed by atoms with Gasteiger partial charge in [-0.3, -0.25) is 4.98 Å². The number of rotatable bonds is 3. The van der Waals surface area contributed by atoms with E-state index in [1.807, 2.05) is 25.1 Å². The SMILES string of the molecule is COc1ccc(-c2ccnc3c(C)cc(C(=O)O)cc23)c(Cl)c1. The number of pyridine rings is 1. The van der Waals surface area contributed by atoms with Gasteiger partial charge >= 0.3 is 5.97 Å². The van der Waals surface area contributed by atoms with Crippen LogP contribution in [0.1, 0.15) is 15.9 Å². The number of carbonyl (C=O) groups is 1. The van der Waals surface area contributed by atoms with E-state index in [4.69, 9.17) is 16.3 Å². The van der Waals surface area contributed by atoms with Crippen LogP contribution in [0.25, 0.3) is 22.0 Å². The van der Waals surface area contributed by atoms with Crippen LogP contribution >= 0.6 is 11.6 Å². The van der Waals surface area contributed by atoms with Crippen molar-refractivity contribution in [3.63, 3.8) is 0 Å². The first-order valence-electron chi connectivity index (χ1n) is 6.98. The largest absolute Gasteiger partial charge is 0.497 e. The van der Waals surface area contributed by atoms with E-state index < -0.39 is 5.97 Å². The van der Waals surface area contributed by atoms with Gasteiger partial charge in [0.2, 0.25) is 0 Å². The van der Waals surface area contributed by atoms with Crippen LogP contribution in [0.2, 0.25) is 5.02 Å². The number of fused-ring (bicyclic) bond motifs is 1. The quantitative estimate of drug-likeness (QED) is 0.765. The highest BCUT2D eigenvalue weighted by Gasteiger charge is 2.13. The van der Waals surface area contributed by atoms with E-state index in [2.05, 4.69) is 4.98 Å². The first-order chi connectivity index (χ1) is 11.0. The summed E-state index contributed by atoms with van der Waals surface area (Å²) >= 11 is 6.37. The van der Waals surface area contributed by atoms with Crippen molar-refractivity contribution in [3.8, 4) is 16.9 Å². The zero-order valence-electron chi connectivity index (χ0n) is 12.6. The second-order valence-electron chi connectivity index (χ2n) is 5.20. The third-order valence-electron chi connectivity index (χ3n) is 3.75. The third kappa shape index (κ3) is 2.73. The summed E-state index contributed by atoms with van der Waals surface area (Å²) in [5, 5.41) is 10.6. The smallest absolute Gasteiger partial charge is 0.335 e. The number of carboxylic acid groups (broad SMARTS) is 1. The van der Waals surface area contributed by atoms with Gasteiger partial charge in [-0.15, -0.1) is 0 Å². The number of aromatic nitrogens is 1. The van der Waals surface area contributed by atoms with Crippen LogP contribution in [-0.2, 0) is 0 Å². The van der Waals surface area contributed by atoms with Crippen molar-refractivity contribution < 1.29 is 14.6 Å². The summed E-state index contributed by atoms with van der Waals surface area (Å²) in [6, 6.07) is 10.5. The number of ether oxygens (including phenoxy) is 1. The second kappa shape index (κ2) is 5.89. The number of nitrogens with zero attached hydrogens (tertiary/aromatic N) is 1. The monoisotopic (exact) mass is 327 g/mol. The van der Waals surface area contributed by atoms with Crippen molar-refractivity contribution in [1.29, 1.82) is 0 Å². The fraction of sp³-hybridized carbons (Fsp3) is 0.111. The molecule has 0 saturated carbocycles. The third-order valence-corrected chi connectivity index (χ3v) is 4.06. The average molecular weight is 328 g/mol. The maximum atomic E-state index is 11.3. The minimum Gasteiger partial charge on any atom is -0.497 e. The maximum absolute atomic E-state index is 11.3. The summed E-state index contributed by atoms with van der Waals surface area (Å²) in [4.78, 5) is 15.7. The molecule has 0 radical (unpaired) electrons. The standard InChI is InChI=1S/C18H14ClNO3/c1-10-7-11(18(21)22)8-15-13(5-6-20-17(10)15)14-4-3-12(23-2)9-16(14)19/h3-9H,1-2H3,(H,21,22). The minimum atomic E-state index is -0.967. The zero-order valence-corrected chi connectivity index (χ0v) is 13.4. The number of aryl methyl sites for hydroxylation is 1. The lowest BCUT2D eigenvalue weighted by atomic mass is 9.97. The van der Waals surface area contributed by atoms with Crippen LogP contribution < -0.4 is 4.74 Å². The first-order valence-corrected chi connectivity index (χ1v) is 7.35. The lowest BCUT2D eigenvalue weighted by Gasteiger charge is -2.11. The molecule has 0 aliphatic rings. The average Bonchev–Trinajstić information content (AvgIpc) is 2.54. The van der Waals surface area contributed by atoms with Gasteiger partial charge in [0, 0.05) is 17.1 Å². The number of halogens is 1. The molecule has 0 saturated heterocycles. The molecule has 1 heterocycles. The molecule has 2 aromatic carbocycles. The van der Waals surface area contributed by atoms with Crippen LogP contribution in [0, 0.1) is 6.92 Å². The molecular weight excluding hydrogens is 314 g/mol. The zero-order chi connectivity index (χ0) is 16.6. The molecule has 3 aromatic rings. The number of aromatic carboxylic acids is 1. The Balaban J connectivity index is 2.31. The molecule has 0 spiro atoms. The Morgan fingerprint density at radius 3 is 2.61 bits per heavy atom. The molecular formula is C18H14ClNO3. The van der Waals surface area contributed by atoms with Gasteiger partial charge in [-0.05, 0) is 54.4 Å². The van der Waals surface area contributed by atoms with Crippen molar-refractivity contribution >= 4 is 28.5 Å². The summed E-state index contributed by atoms with van der Waals surface area (Å²) in [5.74, 6) is -0.301. The molecule has 3 rings (SSSR count). The number of benzene rings is 2.